The van der Waals surface area contributed by atoms with Gasteiger partial charge in [-0.3, -0.25) is 4.79 Å². The van der Waals surface area contributed by atoms with Crippen molar-refractivity contribution in [1.82, 2.24) is 9.73 Å². The number of hydrogen-bond donors (Lipinski definition) is 1. The second-order valence-corrected chi connectivity index (χ2v) is 9.60. The van der Waals surface area contributed by atoms with Crippen LogP contribution in [0.5, 0.6) is 0 Å². The van der Waals surface area contributed by atoms with Gasteiger partial charge in [-0.25, -0.2) is 13.8 Å². The Balaban J connectivity index is 1.68. The third-order valence-electron chi connectivity index (χ3n) is 5.01. The topological polar surface area (TPSA) is 82.1 Å². The molecule has 0 spiro atoms. The van der Waals surface area contributed by atoms with E-state index in [1.807, 2.05) is 73.6 Å². The van der Waals surface area contributed by atoms with Crippen LogP contribution in [0.25, 0.3) is 0 Å². The van der Waals surface area contributed by atoms with Gasteiger partial charge in [-0.05, 0) is 41.8 Å². The molecule has 0 saturated heterocycles. The summed E-state index contributed by atoms with van der Waals surface area (Å²) in [6.07, 6.45) is 2.01. The van der Waals surface area contributed by atoms with E-state index in [-0.39, 0.29) is 18.0 Å². The van der Waals surface area contributed by atoms with Crippen LogP contribution in [-0.2, 0) is 21.2 Å². The van der Waals surface area contributed by atoms with Crippen LogP contribution in [0.1, 0.15) is 11.1 Å². The van der Waals surface area contributed by atoms with E-state index in [0.29, 0.717) is 6.42 Å². The van der Waals surface area contributed by atoms with Crippen molar-refractivity contribution in [2.24, 2.45) is 5.10 Å². The fourth-order valence-corrected chi connectivity index (χ4v) is 4.58. The minimum absolute atomic E-state index is 0.148. The summed E-state index contributed by atoms with van der Waals surface area (Å²) in [5.74, 6) is -0.510. The third kappa shape index (κ3) is 7.00. The van der Waals surface area contributed by atoms with Gasteiger partial charge in [-0.2, -0.15) is 9.41 Å². The number of hydrazone groups is 1. The van der Waals surface area contributed by atoms with Crippen LogP contribution in [0.15, 0.2) is 94.9 Å². The minimum atomic E-state index is -3.84. The smallest absolute Gasteiger partial charge is 0.255 e. The van der Waals surface area contributed by atoms with E-state index in [0.717, 1.165) is 16.8 Å². The zero-order valence-corrected chi connectivity index (χ0v) is 19.6. The Bertz CT molecular complexity index is 1160. The van der Waals surface area contributed by atoms with E-state index in [1.165, 1.54) is 22.7 Å². The lowest BCUT2D eigenvalue weighted by Crippen LogP contribution is -2.40. The fraction of sp³-hybridized carbons (Fsp3) is 0.200. The van der Waals surface area contributed by atoms with Crippen LogP contribution >= 0.6 is 0 Å². The normalized spacial score (nSPS) is 11.6. The standard InChI is InChI=1S/C25H28N4O3S/c1-28(2)23-15-13-22(14-16-23)19-26-27-25(30)20-29(18-17-21-9-5-3-6-10-21)33(31,32)24-11-7-4-8-12-24/h3-16,19H,17-18,20H2,1-2H3,(H,27,30)/b26-19-. The highest BCUT2D eigenvalue weighted by Crippen LogP contribution is 2.16. The number of rotatable bonds is 10. The van der Waals surface area contributed by atoms with Gasteiger partial charge in [0.2, 0.25) is 10.0 Å². The van der Waals surface area contributed by atoms with Crippen LogP contribution in [0.4, 0.5) is 5.69 Å². The number of carbonyl (C=O) groups is 1. The van der Waals surface area contributed by atoms with Gasteiger partial charge in [0.05, 0.1) is 17.7 Å². The number of anilines is 1. The second kappa shape index (κ2) is 11.4. The van der Waals surface area contributed by atoms with Gasteiger partial charge in [-0.1, -0.05) is 60.7 Å². The van der Waals surface area contributed by atoms with Crippen LogP contribution in [0.3, 0.4) is 0 Å². The minimum Gasteiger partial charge on any atom is -0.378 e. The molecule has 0 aliphatic carbocycles. The number of hydrogen-bond acceptors (Lipinski definition) is 5. The molecule has 7 nitrogen and oxygen atoms in total. The maximum absolute atomic E-state index is 13.2. The lowest BCUT2D eigenvalue weighted by atomic mass is 10.1. The summed E-state index contributed by atoms with van der Waals surface area (Å²) < 4.78 is 27.5. The highest BCUT2D eigenvalue weighted by atomic mass is 32.2. The highest BCUT2D eigenvalue weighted by Gasteiger charge is 2.26. The van der Waals surface area contributed by atoms with Crippen LogP contribution in [-0.4, -0.2) is 52.0 Å². The monoisotopic (exact) mass is 464 g/mol. The zero-order chi connectivity index (χ0) is 23.7. The van der Waals surface area contributed by atoms with E-state index < -0.39 is 15.9 Å². The van der Waals surface area contributed by atoms with Gasteiger partial charge in [0.1, 0.15) is 0 Å². The number of carbonyl (C=O) groups excluding carboxylic acids is 1. The zero-order valence-electron chi connectivity index (χ0n) is 18.8. The number of nitrogens with zero attached hydrogens (tertiary/aromatic N) is 3. The largest absolute Gasteiger partial charge is 0.378 e. The van der Waals surface area contributed by atoms with Gasteiger partial charge in [0, 0.05) is 26.3 Å². The van der Waals surface area contributed by atoms with Crippen molar-refractivity contribution in [3.8, 4) is 0 Å². The third-order valence-corrected chi connectivity index (χ3v) is 6.87. The first-order valence-electron chi connectivity index (χ1n) is 10.5. The average molecular weight is 465 g/mol. The Kier molecular flexibility index (Phi) is 8.34. The van der Waals surface area contributed by atoms with Crippen molar-refractivity contribution in [2.75, 3.05) is 32.1 Å². The summed E-state index contributed by atoms with van der Waals surface area (Å²) in [6.45, 7) is -0.161. The van der Waals surface area contributed by atoms with Gasteiger partial charge < -0.3 is 4.90 Å². The molecule has 1 N–H and O–H groups in total. The number of sulfonamides is 1. The summed E-state index contributed by atoms with van der Waals surface area (Å²) in [4.78, 5) is 14.7. The molecule has 172 valence electrons. The van der Waals surface area contributed by atoms with E-state index in [9.17, 15) is 13.2 Å². The lowest BCUT2D eigenvalue weighted by Gasteiger charge is -2.21. The number of nitrogens with one attached hydrogen (secondary N) is 1. The lowest BCUT2D eigenvalue weighted by molar-refractivity contribution is -0.121. The second-order valence-electron chi connectivity index (χ2n) is 7.67. The van der Waals surface area contributed by atoms with E-state index >= 15 is 0 Å². The van der Waals surface area contributed by atoms with Crippen molar-refractivity contribution in [3.05, 3.63) is 96.1 Å². The van der Waals surface area contributed by atoms with E-state index in [4.69, 9.17) is 0 Å². The molecule has 3 rings (SSSR count). The molecule has 0 heterocycles. The first kappa shape index (κ1) is 24.2. The molecule has 0 unspecified atom stereocenters. The molecule has 0 aromatic heterocycles. The maximum atomic E-state index is 13.2. The number of benzene rings is 3. The molecule has 0 saturated carbocycles. The van der Waals surface area contributed by atoms with Gasteiger partial charge in [0.15, 0.2) is 0 Å². The molecule has 33 heavy (non-hydrogen) atoms. The van der Waals surface area contributed by atoms with Crippen LogP contribution < -0.4 is 10.3 Å². The maximum Gasteiger partial charge on any atom is 0.255 e. The molecule has 0 atom stereocenters. The molecule has 3 aromatic rings. The molecule has 3 aromatic carbocycles. The van der Waals surface area contributed by atoms with Crippen molar-refractivity contribution in [2.45, 2.75) is 11.3 Å². The predicted octanol–water partition coefficient (Wildman–Crippen LogP) is 3.14. The molecule has 0 aliphatic heterocycles. The first-order chi connectivity index (χ1) is 15.9. The molecule has 1 amide bonds. The quantitative estimate of drug-likeness (QED) is 0.369. The summed E-state index contributed by atoms with van der Waals surface area (Å²) in [5, 5.41) is 3.98. The molecular formula is C25H28N4O3S. The van der Waals surface area contributed by atoms with Gasteiger partial charge >= 0.3 is 0 Å². The number of amides is 1. The summed E-state index contributed by atoms with van der Waals surface area (Å²) in [7, 11) is 0.0690. The van der Waals surface area contributed by atoms with Crippen molar-refractivity contribution < 1.29 is 13.2 Å². The predicted molar refractivity (Wildman–Crippen MR) is 132 cm³/mol. The van der Waals surface area contributed by atoms with Crippen LogP contribution in [0, 0.1) is 0 Å². The Morgan fingerprint density at radius 3 is 2.12 bits per heavy atom. The SMILES string of the molecule is CN(C)c1ccc(/C=N\NC(=O)CN(CCc2ccccc2)S(=O)(=O)c2ccccc2)cc1. The summed E-state index contributed by atoms with van der Waals surface area (Å²) in [5.41, 5.74) is 5.30. The summed E-state index contributed by atoms with van der Waals surface area (Å²) in [6, 6.07) is 25.4. The summed E-state index contributed by atoms with van der Waals surface area (Å²) >= 11 is 0. The molecule has 0 aliphatic rings. The molecule has 0 fully saturated rings. The Hall–Kier alpha value is -3.49. The Morgan fingerprint density at radius 2 is 1.52 bits per heavy atom. The van der Waals surface area contributed by atoms with Crippen molar-refractivity contribution in [1.29, 1.82) is 0 Å². The van der Waals surface area contributed by atoms with E-state index in [2.05, 4.69) is 10.5 Å². The highest BCUT2D eigenvalue weighted by molar-refractivity contribution is 7.89. The van der Waals surface area contributed by atoms with Gasteiger partial charge in [0.25, 0.3) is 5.91 Å². The van der Waals surface area contributed by atoms with Crippen LogP contribution in [0.2, 0.25) is 0 Å². The Morgan fingerprint density at radius 1 is 0.909 bits per heavy atom. The van der Waals surface area contributed by atoms with Crippen molar-refractivity contribution >= 4 is 27.8 Å². The molecular weight excluding hydrogens is 436 g/mol. The van der Waals surface area contributed by atoms with E-state index in [1.54, 1.807) is 18.2 Å². The fourth-order valence-electron chi connectivity index (χ4n) is 3.16. The van der Waals surface area contributed by atoms with Gasteiger partial charge in [-0.15, -0.1) is 0 Å². The first-order valence-corrected chi connectivity index (χ1v) is 12.0. The average Bonchev–Trinajstić information content (AvgIpc) is 2.83. The Labute approximate surface area is 195 Å². The molecule has 8 heteroatoms. The van der Waals surface area contributed by atoms with Crippen molar-refractivity contribution in [3.63, 3.8) is 0 Å². The molecule has 0 radical (unpaired) electrons. The molecule has 0 bridgehead atoms.